The molecule has 152 valence electrons. The molecule has 8 nitrogen and oxygen atoms in total. The van der Waals surface area contributed by atoms with Crippen molar-refractivity contribution in [3.05, 3.63) is 64.5 Å². The molecule has 0 unspecified atom stereocenters. The molecule has 0 amide bonds. The molecule has 8 heteroatoms. The number of hydrogen-bond donors (Lipinski definition) is 1. The highest BCUT2D eigenvalue weighted by Crippen LogP contribution is 2.26. The lowest BCUT2D eigenvalue weighted by atomic mass is 10.0. The summed E-state index contributed by atoms with van der Waals surface area (Å²) in [5.74, 6) is 1.36. The summed E-state index contributed by atoms with van der Waals surface area (Å²) in [5, 5.41) is 16.9. The van der Waals surface area contributed by atoms with Crippen LogP contribution < -0.4 is 5.32 Å². The number of fused-ring (bicyclic) bond motifs is 1. The number of nitrogens with zero attached hydrogens (tertiary/aromatic N) is 5. The van der Waals surface area contributed by atoms with Crippen molar-refractivity contribution in [3.8, 4) is 5.82 Å². The first-order chi connectivity index (χ1) is 14.4. The van der Waals surface area contributed by atoms with Crippen LogP contribution in [0.2, 0.25) is 0 Å². The predicted molar refractivity (Wildman–Crippen MR) is 114 cm³/mol. The Bertz CT molecular complexity index is 1260. The average molecular weight is 402 g/mol. The van der Waals surface area contributed by atoms with Crippen LogP contribution in [0.5, 0.6) is 0 Å². The number of esters is 1. The fraction of sp³-hybridized carbons (Fsp3) is 0.227. The number of carbonyl (C=O) groups excluding carboxylic acids is 1. The number of methoxy groups -OCH3 is 1. The van der Waals surface area contributed by atoms with Gasteiger partial charge in [0.1, 0.15) is 5.82 Å². The molecule has 4 aromatic rings. The summed E-state index contributed by atoms with van der Waals surface area (Å²) in [5.41, 5.74) is 5.39. The van der Waals surface area contributed by atoms with E-state index in [-0.39, 0.29) is 5.69 Å². The van der Waals surface area contributed by atoms with Crippen LogP contribution in [-0.2, 0) is 4.74 Å². The van der Waals surface area contributed by atoms with Gasteiger partial charge in [0, 0.05) is 11.5 Å². The largest absolute Gasteiger partial charge is 0.464 e. The van der Waals surface area contributed by atoms with Gasteiger partial charge in [0.25, 0.3) is 0 Å². The van der Waals surface area contributed by atoms with Crippen molar-refractivity contribution in [2.45, 2.75) is 27.7 Å². The van der Waals surface area contributed by atoms with Crippen LogP contribution >= 0.6 is 0 Å². The Labute approximate surface area is 173 Å². The number of nitrogens with one attached hydrogen (secondary N) is 1. The molecule has 0 spiro atoms. The molecule has 1 aromatic carbocycles. The van der Waals surface area contributed by atoms with Crippen molar-refractivity contribution >= 4 is 28.5 Å². The van der Waals surface area contributed by atoms with Crippen LogP contribution in [0.3, 0.4) is 0 Å². The molecule has 0 saturated carbocycles. The summed E-state index contributed by atoms with van der Waals surface area (Å²) in [6.45, 7) is 8.14. The van der Waals surface area contributed by atoms with Gasteiger partial charge in [-0.15, -0.1) is 10.2 Å². The first-order valence-electron chi connectivity index (χ1n) is 9.50. The summed E-state index contributed by atoms with van der Waals surface area (Å²) in [4.78, 5) is 16.4. The molecule has 0 aliphatic heterocycles. The van der Waals surface area contributed by atoms with Crippen molar-refractivity contribution in [1.29, 1.82) is 0 Å². The Morgan fingerprint density at radius 2 is 1.80 bits per heavy atom. The van der Waals surface area contributed by atoms with Crippen molar-refractivity contribution in [3.63, 3.8) is 0 Å². The molecule has 0 aliphatic rings. The van der Waals surface area contributed by atoms with E-state index in [2.05, 4.69) is 58.3 Å². The first kappa shape index (κ1) is 19.5. The third-order valence-electron chi connectivity index (χ3n) is 4.81. The highest BCUT2D eigenvalue weighted by molar-refractivity contribution is 5.87. The predicted octanol–water partition coefficient (Wildman–Crippen LogP) is 3.97. The van der Waals surface area contributed by atoms with Crippen LogP contribution in [0.4, 0.5) is 11.6 Å². The molecule has 4 rings (SSSR count). The SMILES string of the molecule is COC(=O)c1ccc(Nc2cc(C)nn2-c2cc(C)c3cc(C)cc(C)c3n2)nn1. The second-order valence-corrected chi connectivity index (χ2v) is 7.28. The maximum atomic E-state index is 11.5. The lowest BCUT2D eigenvalue weighted by Crippen LogP contribution is -2.09. The second-order valence-electron chi connectivity index (χ2n) is 7.28. The number of hydrogen-bond acceptors (Lipinski definition) is 7. The lowest BCUT2D eigenvalue weighted by Gasteiger charge is -2.12. The Hall–Kier alpha value is -3.81. The molecular formula is C22H22N6O2. The number of aryl methyl sites for hydroxylation is 4. The van der Waals surface area contributed by atoms with E-state index in [9.17, 15) is 4.79 Å². The molecule has 0 saturated heterocycles. The van der Waals surface area contributed by atoms with Gasteiger partial charge in [0.15, 0.2) is 17.3 Å². The molecule has 3 aromatic heterocycles. The van der Waals surface area contributed by atoms with Gasteiger partial charge in [0.2, 0.25) is 0 Å². The number of pyridine rings is 1. The van der Waals surface area contributed by atoms with E-state index in [1.165, 1.54) is 12.7 Å². The number of carbonyl (C=O) groups is 1. The molecule has 0 radical (unpaired) electrons. The summed E-state index contributed by atoms with van der Waals surface area (Å²) >= 11 is 0. The first-order valence-corrected chi connectivity index (χ1v) is 9.50. The van der Waals surface area contributed by atoms with Crippen molar-refractivity contribution < 1.29 is 9.53 Å². The number of benzene rings is 1. The zero-order chi connectivity index (χ0) is 21.4. The molecule has 0 aliphatic carbocycles. The number of aromatic nitrogens is 5. The Kier molecular flexibility index (Phi) is 4.91. The highest BCUT2D eigenvalue weighted by Gasteiger charge is 2.14. The molecule has 0 atom stereocenters. The molecule has 1 N–H and O–H groups in total. The minimum Gasteiger partial charge on any atom is -0.464 e. The van der Waals surface area contributed by atoms with Crippen LogP contribution in [0.25, 0.3) is 16.7 Å². The molecule has 0 fully saturated rings. The van der Waals surface area contributed by atoms with E-state index in [0.29, 0.717) is 17.5 Å². The van der Waals surface area contributed by atoms with Crippen molar-refractivity contribution in [1.82, 2.24) is 25.0 Å². The summed E-state index contributed by atoms with van der Waals surface area (Å²) in [7, 11) is 1.30. The Balaban J connectivity index is 1.74. The minimum absolute atomic E-state index is 0.144. The fourth-order valence-corrected chi connectivity index (χ4v) is 3.44. The van der Waals surface area contributed by atoms with Gasteiger partial charge in [-0.25, -0.2) is 9.78 Å². The van der Waals surface area contributed by atoms with Gasteiger partial charge in [-0.05, 0) is 63.1 Å². The number of rotatable bonds is 4. The smallest absolute Gasteiger partial charge is 0.358 e. The van der Waals surface area contributed by atoms with Crippen molar-refractivity contribution in [2.24, 2.45) is 0 Å². The maximum Gasteiger partial charge on any atom is 0.358 e. The molecular weight excluding hydrogens is 380 g/mol. The van der Waals surface area contributed by atoms with Crippen molar-refractivity contribution in [2.75, 3.05) is 12.4 Å². The Morgan fingerprint density at radius 3 is 2.50 bits per heavy atom. The average Bonchev–Trinajstić information content (AvgIpc) is 3.08. The van der Waals surface area contributed by atoms with Crippen LogP contribution in [0.15, 0.2) is 36.4 Å². The standard InChI is InChI=1S/C22H22N6O2/c1-12-8-14(3)21-16(9-12)13(2)10-19(24-21)28-20(11-15(4)27-28)23-18-7-6-17(25-26-18)22(29)30-5/h6-11H,1-5H3,(H,23,26). The van der Waals surface area contributed by atoms with Gasteiger partial charge in [-0.3, -0.25) is 0 Å². The summed E-state index contributed by atoms with van der Waals surface area (Å²) in [6, 6.07) is 11.4. The number of ether oxygens (including phenoxy) is 1. The van der Waals surface area contributed by atoms with E-state index < -0.39 is 5.97 Å². The summed E-state index contributed by atoms with van der Waals surface area (Å²) in [6.07, 6.45) is 0. The van der Waals surface area contributed by atoms with Gasteiger partial charge < -0.3 is 10.1 Å². The van der Waals surface area contributed by atoms with Crippen LogP contribution in [0, 0.1) is 27.7 Å². The van der Waals surface area contributed by atoms with E-state index in [0.717, 1.165) is 27.7 Å². The van der Waals surface area contributed by atoms with E-state index in [1.807, 2.05) is 19.1 Å². The van der Waals surface area contributed by atoms with E-state index in [4.69, 9.17) is 4.98 Å². The zero-order valence-electron chi connectivity index (χ0n) is 17.5. The van der Waals surface area contributed by atoms with Gasteiger partial charge in [-0.2, -0.15) is 9.78 Å². The lowest BCUT2D eigenvalue weighted by molar-refractivity contribution is 0.0593. The second kappa shape index (κ2) is 7.55. The Morgan fingerprint density at radius 1 is 1.00 bits per heavy atom. The zero-order valence-corrected chi connectivity index (χ0v) is 17.5. The van der Waals surface area contributed by atoms with Crippen LogP contribution in [0.1, 0.15) is 32.9 Å². The highest BCUT2D eigenvalue weighted by atomic mass is 16.5. The fourth-order valence-electron chi connectivity index (χ4n) is 3.44. The monoisotopic (exact) mass is 402 g/mol. The van der Waals surface area contributed by atoms with Gasteiger partial charge in [0.05, 0.1) is 18.3 Å². The third-order valence-corrected chi connectivity index (χ3v) is 4.81. The quantitative estimate of drug-likeness (QED) is 0.516. The van der Waals surface area contributed by atoms with Gasteiger partial charge in [-0.1, -0.05) is 11.6 Å². The van der Waals surface area contributed by atoms with E-state index >= 15 is 0 Å². The molecule has 0 bridgehead atoms. The normalized spacial score (nSPS) is 11.0. The summed E-state index contributed by atoms with van der Waals surface area (Å²) < 4.78 is 6.40. The van der Waals surface area contributed by atoms with Gasteiger partial charge >= 0.3 is 5.97 Å². The van der Waals surface area contributed by atoms with Crippen LogP contribution in [-0.4, -0.2) is 38.0 Å². The van der Waals surface area contributed by atoms with E-state index in [1.54, 1.807) is 16.8 Å². The third kappa shape index (κ3) is 3.59. The number of anilines is 2. The molecule has 3 heterocycles. The molecule has 30 heavy (non-hydrogen) atoms. The topological polar surface area (TPSA) is 94.8 Å². The minimum atomic E-state index is -0.531. The maximum absolute atomic E-state index is 11.5.